The van der Waals surface area contributed by atoms with Crippen molar-refractivity contribution < 1.29 is 19.4 Å². The molecule has 17 heavy (non-hydrogen) atoms. The van der Waals surface area contributed by atoms with Gasteiger partial charge in [-0.25, -0.2) is 9.59 Å². The van der Waals surface area contributed by atoms with Crippen LogP contribution < -0.4 is 10.6 Å². The van der Waals surface area contributed by atoms with Crippen molar-refractivity contribution in [3.8, 4) is 0 Å². The number of hydrogen-bond donors (Lipinski definition) is 3. The second kappa shape index (κ2) is 3.97. The van der Waals surface area contributed by atoms with Gasteiger partial charge in [0.1, 0.15) is 0 Å². The van der Waals surface area contributed by atoms with Crippen LogP contribution in [0.25, 0.3) is 0 Å². The number of hydrogen-bond acceptors (Lipinski definition) is 4. The molecular formula is C11H12N2O4. The number of fused-ring (bicyclic) bond motifs is 1. The molecule has 1 heterocycles. The van der Waals surface area contributed by atoms with E-state index < -0.39 is 17.7 Å². The lowest BCUT2D eigenvalue weighted by atomic mass is 10.1. The molecule has 6 nitrogen and oxygen atoms in total. The van der Waals surface area contributed by atoms with Gasteiger partial charge in [-0.1, -0.05) is 18.2 Å². The number of amides is 1. The van der Waals surface area contributed by atoms with Crippen LogP contribution in [0.3, 0.4) is 0 Å². The Balaban J connectivity index is 2.29. The molecule has 3 N–H and O–H groups in total. The third kappa shape index (κ3) is 1.89. The van der Waals surface area contributed by atoms with E-state index in [0.717, 1.165) is 5.56 Å². The summed E-state index contributed by atoms with van der Waals surface area (Å²) in [4.78, 5) is 22.5. The zero-order valence-electron chi connectivity index (χ0n) is 9.19. The van der Waals surface area contributed by atoms with Crippen LogP contribution in [0.15, 0.2) is 24.3 Å². The quantitative estimate of drug-likeness (QED) is 0.706. The topological polar surface area (TPSA) is 87.7 Å². The van der Waals surface area contributed by atoms with E-state index >= 15 is 0 Å². The van der Waals surface area contributed by atoms with Crippen molar-refractivity contribution in [2.45, 2.75) is 12.1 Å². The maximum absolute atomic E-state index is 11.3. The summed E-state index contributed by atoms with van der Waals surface area (Å²) in [6, 6.07) is 7.18. The fourth-order valence-electron chi connectivity index (χ4n) is 1.84. The number of benzene rings is 1. The Labute approximate surface area is 97.6 Å². The summed E-state index contributed by atoms with van der Waals surface area (Å²) in [5.41, 5.74) is 0.00848. The lowest BCUT2D eigenvalue weighted by Crippen LogP contribution is -2.59. The molecule has 0 bridgehead atoms. The first kappa shape index (κ1) is 11.3. The Morgan fingerprint density at radius 2 is 2.18 bits per heavy atom. The number of ether oxygens (including phenoxy) is 1. The van der Waals surface area contributed by atoms with Crippen LogP contribution in [-0.4, -0.2) is 29.9 Å². The molecule has 0 spiro atoms. The molecule has 0 saturated carbocycles. The highest BCUT2D eigenvalue weighted by molar-refractivity contribution is 5.90. The highest BCUT2D eigenvalue weighted by atomic mass is 16.5. The average molecular weight is 236 g/mol. The fraction of sp³-hybridized carbons (Fsp3) is 0.273. The van der Waals surface area contributed by atoms with E-state index in [1.165, 1.54) is 7.11 Å². The summed E-state index contributed by atoms with van der Waals surface area (Å²) in [7, 11) is 1.19. The lowest BCUT2D eigenvalue weighted by molar-refractivity contribution is -0.143. The highest BCUT2D eigenvalue weighted by Crippen LogP contribution is 2.30. The highest BCUT2D eigenvalue weighted by Gasteiger charge is 2.45. The summed E-state index contributed by atoms with van der Waals surface area (Å²) in [5, 5.41) is 14.4. The monoisotopic (exact) mass is 236 g/mol. The average Bonchev–Trinajstić information content (AvgIpc) is 2.68. The maximum atomic E-state index is 11.3. The number of anilines is 1. The summed E-state index contributed by atoms with van der Waals surface area (Å²) in [6.07, 6.45) is -0.610. The molecule has 1 aliphatic heterocycles. The number of alkyl carbamates (subject to hydrolysis) is 1. The minimum Gasteiger partial charge on any atom is -0.478 e. The second-order valence-corrected chi connectivity index (χ2v) is 3.79. The van der Waals surface area contributed by atoms with Crippen molar-refractivity contribution >= 4 is 17.7 Å². The Hall–Kier alpha value is -2.24. The molecule has 0 saturated heterocycles. The molecular weight excluding hydrogens is 224 g/mol. The first-order valence-corrected chi connectivity index (χ1v) is 5.03. The molecule has 0 aliphatic carbocycles. The third-order valence-corrected chi connectivity index (χ3v) is 2.69. The normalized spacial score (nSPS) is 21.2. The zero-order chi connectivity index (χ0) is 12.5. The van der Waals surface area contributed by atoms with Crippen LogP contribution in [0.4, 0.5) is 10.5 Å². The number of carboxylic acids is 1. The van der Waals surface area contributed by atoms with Gasteiger partial charge in [0, 0.05) is 12.1 Å². The molecule has 0 fully saturated rings. The number of para-hydroxylation sites is 1. The van der Waals surface area contributed by atoms with Gasteiger partial charge in [0.2, 0.25) is 5.66 Å². The van der Waals surface area contributed by atoms with E-state index in [-0.39, 0.29) is 6.42 Å². The summed E-state index contributed by atoms with van der Waals surface area (Å²) < 4.78 is 4.43. The van der Waals surface area contributed by atoms with E-state index in [1.54, 1.807) is 12.1 Å². The van der Waals surface area contributed by atoms with Crippen LogP contribution in [0.1, 0.15) is 5.56 Å². The van der Waals surface area contributed by atoms with Gasteiger partial charge in [-0.05, 0) is 11.6 Å². The molecule has 0 aromatic heterocycles. The van der Waals surface area contributed by atoms with Crippen LogP contribution >= 0.6 is 0 Å². The van der Waals surface area contributed by atoms with Crippen molar-refractivity contribution in [2.24, 2.45) is 0 Å². The SMILES string of the molecule is COC(=O)NC1(C(=O)O)Cc2ccccc2N1. The van der Waals surface area contributed by atoms with E-state index in [2.05, 4.69) is 15.4 Å². The molecule has 6 heteroatoms. The van der Waals surface area contributed by atoms with Gasteiger partial charge in [-0.3, -0.25) is 5.32 Å². The Bertz CT molecular complexity index is 447. The summed E-state index contributed by atoms with van der Waals surface area (Å²) >= 11 is 0. The Morgan fingerprint density at radius 1 is 1.47 bits per heavy atom. The Kier molecular flexibility index (Phi) is 2.63. The minimum absolute atomic E-state index is 0.174. The van der Waals surface area contributed by atoms with E-state index in [0.29, 0.717) is 5.69 Å². The number of nitrogens with one attached hydrogen (secondary N) is 2. The molecule has 1 aromatic rings. The number of aliphatic carboxylic acids is 1. The third-order valence-electron chi connectivity index (χ3n) is 2.69. The second-order valence-electron chi connectivity index (χ2n) is 3.79. The van der Waals surface area contributed by atoms with Crippen molar-refractivity contribution in [3.05, 3.63) is 29.8 Å². The summed E-state index contributed by atoms with van der Waals surface area (Å²) in [5.74, 6) is -1.15. The van der Waals surface area contributed by atoms with Crippen LogP contribution in [-0.2, 0) is 16.0 Å². The van der Waals surface area contributed by atoms with Crippen LogP contribution in [0.5, 0.6) is 0 Å². The first-order valence-electron chi connectivity index (χ1n) is 5.03. The number of methoxy groups -OCH3 is 1. The standard InChI is InChI=1S/C11H12N2O4/c1-17-10(16)13-11(9(14)15)6-7-4-2-3-5-8(7)12-11/h2-5,12H,6H2,1H3,(H,13,16)(H,14,15). The lowest BCUT2D eigenvalue weighted by Gasteiger charge is -2.25. The van der Waals surface area contributed by atoms with Crippen molar-refractivity contribution in [1.82, 2.24) is 5.32 Å². The number of carbonyl (C=O) groups is 2. The van der Waals surface area contributed by atoms with Crippen LogP contribution in [0.2, 0.25) is 0 Å². The Morgan fingerprint density at radius 3 is 2.76 bits per heavy atom. The summed E-state index contributed by atoms with van der Waals surface area (Å²) in [6.45, 7) is 0. The van der Waals surface area contributed by atoms with Gasteiger partial charge in [0.05, 0.1) is 7.11 Å². The predicted octanol–water partition coefficient (Wildman–Crippen LogP) is 0.791. The molecule has 90 valence electrons. The number of rotatable bonds is 2. The van der Waals surface area contributed by atoms with Crippen molar-refractivity contribution in [2.75, 3.05) is 12.4 Å². The van der Waals surface area contributed by atoms with Gasteiger partial charge in [0.15, 0.2) is 0 Å². The van der Waals surface area contributed by atoms with Gasteiger partial charge in [-0.15, -0.1) is 0 Å². The molecule has 1 atom stereocenters. The first-order chi connectivity index (χ1) is 8.07. The molecule has 1 aliphatic rings. The molecule has 2 rings (SSSR count). The van der Waals surface area contributed by atoms with E-state index in [4.69, 9.17) is 0 Å². The minimum atomic E-state index is -1.53. The van der Waals surface area contributed by atoms with Gasteiger partial charge in [0.25, 0.3) is 0 Å². The molecule has 1 unspecified atom stereocenters. The molecule has 1 amide bonds. The van der Waals surface area contributed by atoms with Crippen LogP contribution in [0, 0.1) is 0 Å². The van der Waals surface area contributed by atoms with Crippen molar-refractivity contribution in [3.63, 3.8) is 0 Å². The number of carboxylic acid groups (broad SMARTS) is 1. The number of carbonyl (C=O) groups excluding carboxylic acids is 1. The largest absolute Gasteiger partial charge is 0.478 e. The maximum Gasteiger partial charge on any atom is 0.409 e. The van der Waals surface area contributed by atoms with Gasteiger partial charge >= 0.3 is 12.1 Å². The molecule has 0 radical (unpaired) electrons. The van der Waals surface area contributed by atoms with Crippen molar-refractivity contribution in [1.29, 1.82) is 0 Å². The zero-order valence-corrected chi connectivity index (χ0v) is 9.19. The smallest absolute Gasteiger partial charge is 0.409 e. The van der Waals surface area contributed by atoms with E-state index in [9.17, 15) is 14.7 Å². The predicted molar refractivity (Wildman–Crippen MR) is 59.7 cm³/mol. The van der Waals surface area contributed by atoms with Gasteiger partial charge < -0.3 is 15.2 Å². The van der Waals surface area contributed by atoms with E-state index in [1.807, 2.05) is 12.1 Å². The fourth-order valence-corrected chi connectivity index (χ4v) is 1.84. The van der Waals surface area contributed by atoms with Gasteiger partial charge in [-0.2, -0.15) is 0 Å². The molecule has 1 aromatic carbocycles.